The molecule has 4 heteroatoms. The van der Waals surface area contributed by atoms with Crippen LogP contribution in [-0.2, 0) is 11.2 Å². The molecule has 0 aliphatic heterocycles. The zero-order chi connectivity index (χ0) is 24.4. The zero-order valence-electron chi connectivity index (χ0n) is 21.3. The smallest absolute Gasteiger partial charge is 0.339 e. The molecule has 1 atom stereocenters. The first-order valence-corrected chi connectivity index (χ1v) is 13.5. The largest absolute Gasteiger partial charge is 0.478 e. The van der Waals surface area contributed by atoms with E-state index in [1.807, 2.05) is 24.3 Å². The minimum absolute atomic E-state index is 0.0462. The molecule has 1 aromatic heterocycles. The molecule has 0 bridgehead atoms. The van der Waals surface area contributed by atoms with Crippen LogP contribution in [0.25, 0.3) is 5.57 Å². The van der Waals surface area contributed by atoms with Crippen molar-refractivity contribution in [2.24, 2.45) is 0 Å². The van der Waals surface area contributed by atoms with E-state index < -0.39 is 5.97 Å². The summed E-state index contributed by atoms with van der Waals surface area (Å²) in [5.74, 6) is -0.611. The van der Waals surface area contributed by atoms with Crippen LogP contribution in [0.4, 0.5) is 0 Å². The number of allylic oxidation sites excluding steroid dienone is 1. The highest BCUT2D eigenvalue weighted by Gasteiger charge is 2.18. The molecule has 0 fully saturated rings. The Morgan fingerprint density at radius 2 is 1.38 bits per heavy atom. The molecule has 0 radical (unpaired) electrons. The van der Waals surface area contributed by atoms with Crippen molar-refractivity contribution >= 4 is 11.5 Å². The summed E-state index contributed by atoms with van der Waals surface area (Å²) in [4.78, 5) is 21.0. The summed E-state index contributed by atoms with van der Waals surface area (Å²) in [6, 6.07) is 10.2. The number of unbranched alkanes of at least 4 members (excludes halogenated alkanes) is 10. The maximum atomic E-state index is 12.1. The minimum Gasteiger partial charge on any atom is -0.478 e. The van der Waals surface area contributed by atoms with Gasteiger partial charge in [0.2, 0.25) is 0 Å². The molecule has 0 saturated carbocycles. The van der Waals surface area contributed by atoms with Crippen molar-refractivity contribution in [1.82, 2.24) is 9.97 Å². The number of carbonyl (C=O) groups is 1. The second-order valence-electron chi connectivity index (χ2n) is 9.39. The van der Waals surface area contributed by atoms with Gasteiger partial charge in [-0.1, -0.05) is 121 Å². The number of aryl methyl sites for hydroxylation is 1. The second-order valence-corrected chi connectivity index (χ2v) is 9.39. The molecule has 1 unspecified atom stereocenters. The lowest BCUT2D eigenvalue weighted by Gasteiger charge is -2.15. The summed E-state index contributed by atoms with van der Waals surface area (Å²) < 4.78 is 0. The molecule has 0 spiro atoms. The van der Waals surface area contributed by atoms with Crippen molar-refractivity contribution in [1.29, 1.82) is 0 Å². The lowest BCUT2D eigenvalue weighted by molar-refractivity contribution is -0.130. The molecule has 1 N–H and O–H groups in total. The van der Waals surface area contributed by atoms with Crippen molar-refractivity contribution < 1.29 is 9.90 Å². The first-order chi connectivity index (χ1) is 16.7. The van der Waals surface area contributed by atoms with Gasteiger partial charge in [0.05, 0.1) is 0 Å². The van der Waals surface area contributed by atoms with Crippen molar-refractivity contribution in [3.63, 3.8) is 0 Å². The molecule has 1 aromatic carbocycles. The van der Waals surface area contributed by atoms with Gasteiger partial charge in [0.1, 0.15) is 5.57 Å². The van der Waals surface area contributed by atoms with Crippen LogP contribution in [0.3, 0.4) is 0 Å². The Morgan fingerprint density at radius 1 is 0.824 bits per heavy atom. The first kappa shape index (κ1) is 27.8. The second kappa shape index (κ2) is 17.0. The Hall–Kier alpha value is -2.49. The molecule has 1 heterocycles. The lowest BCUT2D eigenvalue weighted by atomic mass is 9.90. The Morgan fingerprint density at radius 3 is 1.97 bits per heavy atom. The average Bonchev–Trinajstić information content (AvgIpc) is 2.86. The summed E-state index contributed by atoms with van der Waals surface area (Å²) in [7, 11) is 0. The van der Waals surface area contributed by atoms with Gasteiger partial charge in [-0.15, -0.1) is 0 Å². The Labute approximate surface area is 206 Å². The maximum absolute atomic E-state index is 12.1. The van der Waals surface area contributed by atoms with Gasteiger partial charge < -0.3 is 5.11 Å². The molecule has 2 aromatic rings. The van der Waals surface area contributed by atoms with Gasteiger partial charge in [-0.2, -0.15) is 0 Å². The monoisotopic (exact) mass is 464 g/mol. The number of benzene rings is 1. The highest BCUT2D eigenvalue weighted by Crippen LogP contribution is 2.28. The molecule has 186 valence electrons. The van der Waals surface area contributed by atoms with Gasteiger partial charge in [0.15, 0.2) is 5.82 Å². The van der Waals surface area contributed by atoms with Gasteiger partial charge in [0.25, 0.3) is 0 Å². The molecule has 4 nitrogen and oxygen atoms in total. The molecular weight excluding hydrogens is 420 g/mol. The van der Waals surface area contributed by atoms with E-state index in [0.717, 1.165) is 36.8 Å². The lowest BCUT2D eigenvalue weighted by Crippen LogP contribution is -2.08. The van der Waals surface area contributed by atoms with E-state index in [1.54, 1.807) is 12.4 Å². The van der Waals surface area contributed by atoms with Crippen LogP contribution in [0, 0.1) is 0 Å². The number of hydrogen-bond acceptors (Lipinski definition) is 3. The van der Waals surface area contributed by atoms with Gasteiger partial charge >= 0.3 is 5.97 Å². The average molecular weight is 465 g/mol. The van der Waals surface area contributed by atoms with Gasteiger partial charge in [0, 0.05) is 18.3 Å². The SMILES string of the molecule is CCCCCCCCc1cnc(/C(=C\C(CCCCCCCC)c2ccccc2)C(=O)O)nc1. The predicted molar refractivity (Wildman–Crippen MR) is 142 cm³/mol. The summed E-state index contributed by atoms with van der Waals surface area (Å²) in [5, 5.41) is 9.96. The third-order valence-corrected chi connectivity index (χ3v) is 6.46. The number of carboxylic acids is 1. The van der Waals surface area contributed by atoms with Gasteiger partial charge in [-0.25, -0.2) is 14.8 Å². The van der Waals surface area contributed by atoms with Gasteiger partial charge in [-0.05, 0) is 30.4 Å². The van der Waals surface area contributed by atoms with E-state index >= 15 is 0 Å². The molecular formula is C30H44N2O2. The van der Waals surface area contributed by atoms with Crippen LogP contribution < -0.4 is 0 Å². The van der Waals surface area contributed by atoms with Crippen LogP contribution in [0.15, 0.2) is 48.8 Å². The fraction of sp³-hybridized carbons (Fsp3) is 0.567. The van der Waals surface area contributed by atoms with Crippen molar-refractivity contribution in [2.45, 2.75) is 110 Å². The first-order valence-electron chi connectivity index (χ1n) is 13.5. The maximum Gasteiger partial charge on any atom is 0.339 e. The molecule has 0 amide bonds. The topological polar surface area (TPSA) is 63.1 Å². The molecule has 0 saturated heterocycles. The number of aliphatic carboxylic acids is 1. The van der Waals surface area contributed by atoms with Crippen molar-refractivity contribution in [3.8, 4) is 0 Å². The third kappa shape index (κ3) is 10.6. The van der Waals surface area contributed by atoms with E-state index in [-0.39, 0.29) is 11.5 Å². The van der Waals surface area contributed by atoms with Gasteiger partial charge in [-0.3, -0.25) is 0 Å². The molecule has 0 aliphatic carbocycles. The van der Waals surface area contributed by atoms with Crippen LogP contribution in [0.5, 0.6) is 0 Å². The summed E-state index contributed by atoms with van der Waals surface area (Å²) >= 11 is 0. The summed E-state index contributed by atoms with van der Waals surface area (Å²) in [5.41, 5.74) is 2.43. The quantitative estimate of drug-likeness (QED) is 0.178. The van der Waals surface area contributed by atoms with Crippen LogP contribution in [-0.4, -0.2) is 21.0 Å². The van der Waals surface area contributed by atoms with Crippen LogP contribution in [0.1, 0.15) is 120 Å². The minimum atomic E-state index is -0.965. The normalized spacial score (nSPS) is 12.6. The summed E-state index contributed by atoms with van der Waals surface area (Å²) in [6.07, 6.45) is 22.2. The molecule has 2 rings (SSSR count). The standard InChI is InChI=1S/C30H44N2O2/c1-3-5-7-9-11-14-18-25-23-31-29(32-24-25)28(30(33)34)22-27(26-19-16-13-17-20-26)21-15-12-10-8-6-4-2/h13,16-17,19-20,22-24,27H,3-12,14-15,18,21H2,1-2H3,(H,33,34)/b28-22+. The Balaban J connectivity index is 2.05. The summed E-state index contributed by atoms with van der Waals surface area (Å²) in [6.45, 7) is 4.46. The van der Waals surface area contributed by atoms with E-state index in [1.165, 1.54) is 64.2 Å². The number of aromatic nitrogens is 2. The Bertz CT molecular complexity index is 831. The fourth-order valence-electron chi connectivity index (χ4n) is 4.37. The van der Waals surface area contributed by atoms with Crippen molar-refractivity contribution in [3.05, 3.63) is 65.8 Å². The van der Waals surface area contributed by atoms with E-state index in [0.29, 0.717) is 5.82 Å². The molecule has 0 aliphatic rings. The van der Waals surface area contributed by atoms with Crippen LogP contribution in [0.2, 0.25) is 0 Å². The van der Waals surface area contributed by atoms with E-state index in [4.69, 9.17) is 0 Å². The van der Waals surface area contributed by atoms with E-state index in [2.05, 4.69) is 35.9 Å². The number of carboxylic acid groups (broad SMARTS) is 1. The highest BCUT2D eigenvalue weighted by molar-refractivity contribution is 6.14. The zero-order valence-corrected chi connectivity index (χ0v) is 21.3. The number of rotatable bonds is 18. The predicted octanol–water partition coefficient (Wildman–Crippen LogP) is 8.38. The number of nitrogens with zero attached hydrogens (tertiary/aromatic N) is 2. The van der Waals surface area contributed by atoms with E-state index in [9.17, 15) is 9.90 Å². The Kier molecular flexibility index (Phi) is 13.9. The van der Waals surface area contributed by atoms with Crippen LogP contribution >= 0.6 is 0 Å². The third-order valence-electron chi connectivity index (χ3n) is 6.46. The fourth-order valence-corrected chi connectivity index (χ4v) is 4.37. The highest BCUT2D eigenvalue weighted by atomic mass is 16.4. The number of hydrogen-bond donors (Lipinski definition) is 1. The molecule has 34 heavy (non-hydrogen) atoms. The van der Waals surface area contributed by atoms with Crippen molar-refractivity contribution in [2.75, 3.05) is 0 Å².